The first-order valence-electron chi connectivity index (χ1n) is 4.53. The van der Waals surface area contributed by atoms with Crippen LogP contribution in [0.15, 0.2) is 17.6 Å². The molecule has 0 amide bonds. The molecule has 1 heterocycles. The summed E-state index contributed by atoms with van der Waals surface area (Å²) in [6, 6.07) is 0. The zero-order chi connectivity index (χ0) is 10.6. The second kappa shape index (κ2) is 5.10. The molecule has 3 nitrogen and oxygen atoms in total. The van der Waals surface area contributed by atoms with Crippen molar-refractivity contribution in [2.24, 2.45) is 5.92 Å². The maximum atomic E-state index is 11.3. The predicted molar refractivity (Wildman–Crippen MR) is 57.3 cm³/mol. The molecule has 0 fully saturated rings. The number of Topliss-reactive ketones (excluding diaryl/α,β-unsaturated/α-hetero) is 1. The molecule has 0 N–H and O–H groups in total. The number of hydrogen-bond donors (Lipinski definition) is 0. The Morgan fingerprint density at radius 2 is 2.00 bits per heavy atom. The largest absolute Gasteiger partial charge is 0.298 e. The SMILES string of the molecule is Cc1cnc(SCC(=O)C(C)C)nc1. The highest BCUT2D eigenvalue weighted by atomic mass is 32.2. The van der Waals surface area contributed by atoms with Gasteiger partial charge in [0.05, 0.1) is 5.75 Å². The van der Waals surface area contributed by atoms with Gasteiger partial charge in [-0.1, -0.05) is 25.6 Å². The number of ketones is 1. The van der Waals surface area contributed by atoms with E-state index >= 15 is 0 Å². The number of hydrogen-bond acceptors (Lipinski definition) is 4. The summed E-state index contributed by atoms with van der Waals surface area (Å²) in [5.41, 5.74) is 1.03. The van der Waals surface area contributed by atoms with E-state index in [1.807, 2.05) is 20.8 Å². The molecule has 76 valence electrons. The van der Waals surface area contributed by atoms with Crippen molar-refractivity contribution in [3.63, 3.8) is 0 Å². The lowest BCUT2D eigenvalue weighted by atomic mass is 10.1. The fraction of sp³-hybridized carbons (Fsp3) is 0.500. The van der Waals surface area contributed by atoms with Crippen LogP contribution in [0.2, 0.25) is 0 Å². The molecule has 0 spiro atoms. The minimum atomic E-state index is 0.0907. The van der Waals surface area contributed by atoms with E-state index in [0.717, 1.165) is 5.56 Å². The molecule has 1 aromatic rings. The summed E-state index contributed by atoms with van der Waals surface area (Å²) in [4.78, 5) is 19.5. The molecule has 4 heteroatoms. The number of carbonyl (C=O) groups is 1. The lowest BCUT2D eigenvalue weighted by Gasteiger charge is -2.02. The van der Waals surface area contributed by atoms with Crippen LogP contribution < -0.4 is 0 Å². The number of thioether (sulfide) groups is 1. The van der Waals surface area contributed by atoms with E-state index in [0.29, 0.717) is 10.9 Å². The first-order chi connectivity index (χ1) is 6.59. The predicted octanol–water partition coefficient (Wildman–Crippen LogP) is 2.10. The Labute approximate surface area is 88.3 Å². The summed E-state index contributed by atoms with van der Waals surface area (Å²) in [5.74, 6) is 0.785. The lowest BCUT2D eigenvalue weighted by molar-refractivity contribution is -0.119. The number of aryl methyl sites for hydroxylation is 1. The standard InChI is InChI=1S/C10H14N2OS/c1-7(2)9(13)6-14-10-11-4-8(3)5-12-10/h4-5,7H,6H2,1-3H3. The van der Waals surface area contributed by atoms with Gasteiger partial charge < -0.3 is 0 Å². The molecular weight excluding hydrogens is 196 g/mol. The van der Waals surface area contributed by atoms with Crippen molar-refractivity contribution in [3.8, 4) is 0 Å². The maximum absolute atomic E-state index is 11.3. The van der Waals surface area contributed by atoms with Crippen LogP contribution in [0.3, 0.4) is 0 Å². The Morgan fingerprint density at radius 3 is 2.50 bits per heavy atom. The van der Waals surface area contributed by atoms with E-state index in [4.69, 9.17) is 0 Å². The van der Waals surface area contributed by atoms with E-state index in [1.165, 1.54) is 11.8 Å². The molecule has 0 aromatic carbocycles. The molecule has 0 saturated heterocycles. The van der Waals surface area contributed by atoms with Crippen molar-refractivity contribution in [2.75, 3.05) is 5.75 Å². The van der Waals surface area contributed by atoms with Crippen LogP contribution in [0.1, 0.15) is 19.4 Å². The molecule has 14 heavy (non-hydrogen) atoms. The van der Waals surface area contributed by atoms with Crippen LogP contribution in [-0.4, -0.2) is 21.5 Å². The van der Waals surface area contributed by atoms with E-state index in [9.17, 15) is 4.79 Å². The van der Waals surface area contributed by atoms with Gasteiger partial charge in [0.2, 0.25) is 0 Å². The summed E-state index contributed by atoms with van der Waals surface area (Å²) in [7, 11) is 0. The van der Waals surface area contributed by atoms with Crippen LogP contribution >= 0.6 is 11.8 Å². The van der Waals surface area contributed by atoms with Gasteiger partial charge in [-0.3, -0.25) is 4.79 Å². The number of nitrogens with zero attached hydrogens (tertiary/aromatic N) is 2. The number of carbonyl (C=O) groups excluding carboxylic acids is 1. The molecule has 1 rings (SSSR count). The molecule has 1 aromatic heterocycles. The Kier molecular flexibility index (Phi) is 4.07. The van der Waals surface area contributed by atoms with Gasteiger partial charge in [0.25, 0.3) is 0 Å². The van der Waals surface area contributed by atoms with Crippen LogP contribution in [0.25, 0.3) is 0 Å². The van der Waals surface area contributed by atoms with Gasteiger partial charge in [0, 0.05) is 18.3 Å². The van der Waals surface area contributed by atoms with Gasteiger partial charge in [-0.2, -0.15) is 0 Å². The minimum absolute atomic E-state index is 0.0907. The Morgan fingerprint density at radius 1 is 1.43 bits per heavy atom. The highest BCUT2D eigenvalue weighted by Gasteiger charge is 2.08. The fourth-order valence-electron chi connectivity index (χ4n) is 0.758. The minimum Gasteiger partial charge on any atom is -0.298 e. The smallest absolute Gasteiger partial charge is 0.187 e. The summed E-state index contributed by atoms with van der Waals surface area (Å²) in [6.07, 6.45) is 3.52. The molecule has 0 unspecified atom stereocenters. The van der Waals surface area contributed by atoms with Gasteiger partial charge in [-0.15, -0.1) is 0 Å². The molecule has 0 aliphatic heterocycles. The van der Waals surface area contributed by atoms with E-state index < -0.39 is 0 Å². The number of rotatable bonds is 4. The zero-order valence-electron chi connectivity index (χ0n) is 8.65. The summed E-state index contributed by atoms with van der Waals surface area (Å²) in [5, 5.41) is 0.671. The first-order valence-corrected chi connectivity index (χ1v) is 5.52. The van der Waals surface area contributed by atoms with Crippen molar-refractivity contribution >= 4 is 17.5 Å². The Balaban J connectivity index is 2.46. The molecule has 0 aliphatic rings. The molecular formula is C10H14N2OS. The first kappa shape index (κ1) is 11.2. The van der Waals surface area contributed by atoms with Crippen molar-refractivity contribution < 1.29 is 4.79 Å². The van der Waals surface area contributed by atoms with Gasteiger partial charge in [-0.25, -0.2) is 9.97 Å². The topological polar surface area (TPSA) is 42.9 Å². The van der Waals surface area contributed by atoms with Crippen molar-refractivity contribution in [2.45, 2.75) is 25.9 Å². The monoisotopic (exact) mass is 210 g/mol. The quantitative estimate of drug-likeness (QED) is 0.564. The van der Waals surface area contributed by atoms with Gasteiger partial charge >= 0.3 is 0 Å². The normalized spacial score (nSPS) is 10.6. The second-order valence-electron chi connectivity index (χ2n) is 3.45. The molecule has 0 bridgehead atoms. The number of aromatic nitrogens is 2. The van der Waals surface area contributed by atoms with Crippen LogP contribution in [0.4, 0.5) is 0 Å². The van der Waals surface area contributed by atoms with Gasteiger partial charge in [0.15, 0.2) is 5.16 Å². The van der Waals surface area contributed by atoms with Gasteiger partial charge in [-0.05, 0) is 12.5 Å². The van der Waals surface area contributed by atoms with E-state index in [1.54, 1.807) is 12.4 Å². The van der Waals surface area contributed by atoms with Crippen molar-refractivity contribution in [1.82, 2.24) is 9.97 Å². The van der Waals surface area contributed by atoms with E-state index in [2.05, 4.69) is 9.97 Å². The maximum Gasteiger partial charge on any atom is 0.187 e. The third-order valence-corrected chi connectivity index (χ3v) is 2.64. The second-order valence-corrected chi connectivity index (χ2v) is 4.40. The average Bonchev–Trinajstić information content (AvgIpc) is 2.16. The molecule has 0 aliphatic carbocycles. The fourth-order valence-corrected chi connectivity index (χ4v) is 1.62. The summed E-state index contributed by atoms with van der Waals surface area (Å²) in [6.45, 7) is 5.74. The summed E-state index contributed by atoms with van der Waals surface area (Å²) >= 11 is 1.39. The van der Waals surface area contributed by atoms with Crippen LogP contribution in [-0.2, 0) is 4.79 Å². The zero-order valence-corrected chi connectivity index (χ0v) is 9.47. The third kappa shape index (κ3) is 3.46. The van der Waals surface area contributed by atoms with Crippen LogP contribution in [0, 0.1) is 12.8 Å². The van der Waals surface area contributed by atoms with Crippen molar-refractivity contribution in [3.05, 3.63) is 18.0 Å². The highest BCUT2D eigenvalue weighted by molar-refractivity contribution is 7.99. The Hall–Kier alpha value is -0.900. The van der Waals surface area contributed by atoms with E-state index in [-0.39, 0.29) is 11.7 Å². The lowest BCUT2D eigenvalue weighted by Crippen LogP contribution is -2.09. The Bertz CT molecular complexity index is 308. The molecule has 0 radical (unpaired) electrons. The van der Waals surface area contributed by atoms with Gasteiger partial charge in [0.1, 0.15) is 5.78 Å². The highest BCUT2D eigenvalue weighted by Crippen LogP contribution is 2.13. The van der Waals surface area contributed by atoms with Crippen molar-refractivity contribution in [1.29, 1.82) is 0 Å². The summed E-state index contributed by atoms with van der Waals surface area (Å²) < 4.78 is 0. The van der Waals surface area contributed by atoms with Crippen LogP contribution in [0.5, 0.6) is 0 Å². The molecule has 0 atom stereocenters. The molecule has 0 saturated carbocycles. The third-order valence-electron chi connectivity index (χ3n) is 1.74. The average molecular weight is 210 g/mol.